The molecule has 29 heavy (non-hydrogen) atoms. The number of rotatable bonds is 6. The van der Waals surface area contributed by atoms with Crippen LogP contribution in [0.15, 0.2) is 16.6 Å². The van der Waals surface area contributed by atoms with Crippen molar-refractivity contribution in [3.05, 3.63) is 39.1 Å². The summed E-state index contributed by atoms with van der Waals surface area (Å²) in [6.07, 6.45) is 2.94. The van der Waals surface area contributed by atoms with Crippen LogP contribution in [0.3, 0.4) is 0 Å². The van der Waals surface area contributed by atoms with E-state index in [2.05, 4.69) is 46.8 Å². The van der Waals surface area contributed by atoms with Gasteiger partial charge < -0.3 is 4.90 Å². The fourth-order valence-corrected chi connectivity index (χ4v) is 4.84. The Kier molecular flexibility index (Phi) is 6.62. The summed E-state index contributed by atoms with van der Waals surface area (Å²) in [5, 5.41) is 0. The lowest BCUT2D eigenvalue weighted by Gasteiger charge is -2.36. The minimum Gasteiger partial charge on any atom is -0.356 e. The maximum atomic E-state index is 13.4. The van der Waals surface area contributed by atoms with Gasteiger partial charge in [-0.1, -0.05) is 36.2 Å². The monoisotopic (exact) mass is 458 g/mol. The van der Waals surface area contributed by atoms with Gasteiger partial charge in [-0.25, -0.2) is 9.97 Å². The number of aromatic nitrogens is 2. The Morgan fingerprint density at radius 2 is 1.83 bits per heavy atom. The first-order valence-corrected chi connectivity index (χ1v) is 11.3. The lowest BCUT2D eigenvalue weighted by molar-refractivity contribution is -0.121. The quantitative estimate of drug-likeness (QED) is 0.561. The predicted molar refractivity (Wildman–Crippen MR) is 123 cm³/mol. The van der Waals surface area contributed by atoms with Crippen molar-refractivity contribution in [3.63, 3.8) is 0 Å². The first-order valence-electron chi connectivity index (χ1n) is 10.5. The Labute approximate surface area is 182 Å². The van der Waals surface area contributed by atoms with Crippen molar-refractivity contribution in [3.8, 4) is 0 Å². The molecule has 6 heteroatoms. The summed E-state index contributed by atoms with van der Waals surface area (Å²) in [4.78, 5) is 27.1. The molecular weight excluding hydrogens is 428 g/mol. The number of anilines is 3. The molecule has 1 aromatic carbocycles. The number of benzene rings is 1. The summed E-state index contributed by atoms with van der Waals surface area (Å²) in [6, 6.07) is 4.12. The van der Waals surface area contributed by atoms with E-state index in [0.717, 1.165) is 64.4 Å². The largest absolute Gasteiger partial charge is 0.356 e. The zero-order chi connectivity index (χ0) is 21.3. The Hall–Kier alpha value is -1.95. The molecule has 1 aromatic heterocycles. The van der Waals surface area contributed by atoms with Gasteiger partial charge >= 0.3 is 0 Å². The Balaban J connectivity index is 2.23. The molecule has 0 radical (unpaired) electrons. The number of carbonyl (C=O) groups excluding carboxylic acids is 1. The van der Waals surface area contributed by atoms with E-state index in [1.807, 2.05) is 32.6 Å². The molecule has 1 unspecified atom stereocenters. The van der Waals surface area contributed by atoms with Crippen molar-refractivity contribution in [2.75, 3.05) is 22.9 Å². The molecule has 2 aromatic rings. The molecule has 0 fully saturated rings. The lowest BCUT2D eigenvalue weighted by atomic mass is 9.93. The third-order valence-corrected chi connectivity index (χ3v) is 6.04. The molecule has 3 rings (SSSR count). The maximum absolute atomic E-state index is 13.4. The second-order valence-electron chi connectivity index (χ2n) is 8.00. The van der Waals surface area contributed by atoms with Crippen molar-refractivity contribution in [2.45, 2.75) is 60.8 Å². The van der Waals surface area contributed by atoms with Gasteiger partial charge in [0.2, 0.25) is 5.91 Å². The van der Waals surface area contributed by atoms with E-state index in [1.165, 1.54) is 0 Å². The number of unbranched alkanes of at least 4 members (excludes halogenated alkanes) is 1. The SMILES string of the molecule is CCCCN(CC)c1nc(C)nc2c1CC(C)C(=O)N2c1c(C)cc(Br)cc1C. The zero-order valence-electron chi connectivity index (χ0n) is 18.3. The molecule has 0 saturated heterocycles. The summed E-state index contributed by atoms with van der Waals surface area (Å²) < 4.78 is 1.02. The van der Waals surface area contributed by atoms with Crippen LogP contribution in [0.1, 0.15) is 56.1 Å². The van der Waals surface area contributed by atoms with Gasteiger partial charge in [-0.3, -0.25) is 9.69 Å². The van der Waals surface area contributed by atoms with Gasteiger partial charge in [0.1, 0.15) is 17.5 Å². The van der Waals surface area contributed by atoms with Crippen molar-refractivity contribution < 1.29 is 4.79 Å². The van der Waals surface area contributed by atoms with Gasteiger partial charge in [0.25, 0.3) is 0 Å². The van der Waals surface area contributed by atoms with E-state index < -0.39 is 0 Å². The first kappa shape index (κ1) is 21.8. The van der Waals surface area contributed by atoms with Crippen LogP contribution in [-0.2, 0) is 11.2 Å². The highest BCUT2D eigenvalue weighted by Crippen LogP contribution is 2.42. The Bertz CT molecular complexity index is 904. The van der Waals surface area contributed by atoms with Crippen LogP contribution in [-0.4, -0.2) is 29.0 Å². The molecule has 1 amide bonds. The number of aryl methyl sites for hydroxylation is 3. The van der Waals surface area contributed by atoms with Crippen LogP contribution in [0.4, 0.5) is 17.3 Å². The molecule has 5 nitrogen and oxygen atoms in total. The molecule has 1 aliphatic rings. The third kappa shape index (κ3) is 4.18. The molecule has 0 N–H and O–H groups in total. The highest BCUT2D eigenvalue weighted by atomic mass is 79.9. The minimum absolute atomic E-state index is 0.103. The zero-order valence-corrected chi connectivity index (χ0v) is 19.9. The van der Waals surface area contributed by atoms with E-state index in [4.69, 9.17) is 9.97 Å². The number of nitrogens with zero attached hydrogens (tertiary/aromatic N) is 4. The smallest absolute Gasteiger partial charge is 0.235 e. The van der Waals surface area contributed by atoms with Crippen LogP contribution in [0.25, 0.3) is 0 Å². The van der Waals surface area contributed by atoms with E-state index >= 15 is 0 Å². The second-order valence-corrected chi connectivity index (χ2v) is 8.91. The molecule has 1 aliphatic heterocycles. The number of amides is 1. The van der Waals surface area contributed by atoms with Crippen LogP contribution in [0.5, 0.6) is 0 Å². The average Bonchev–Trinajstić information content (AvgIpc) is 2.65. The third-order valence-electron chi connectivity index (χ3n) is 5.58. The van der Waals surface area contributed by atoms with Gasteiger partial charge in [0.15, 0.2) is 0 Å². The summed E-state index contributed by atoms with van der Waals surface area (Å²) >= 11 is 3.57. The molecule has 2 heterocycles. The topological polar surface area (TPSA) is 49.3 Å². The molecule has 0 aliphatic carbocycles. The van der Waals surface area contributed by atoms with Crippen molar-refractivity contribution in [2.24, 2.45) is 5.92 Å². The highest BCUT2D eigenvalue weighted by Gasteiger charge is 2.36. The molecule has 156 valence electrons. The van der Waals surface area contributed by atoms with Gasteiger partial charge in [0, 0.05) is 29.0 Å². The fourth-order valence-electron chi connectivity index (χ4n) is 4.15. The molecule has 0 saturated carbocycles. The van der Waals surface area contributed by atoms with Gasteiger partial charge in [-0.15, -0.1) is 0 Å². The summed E-state index contributed by atoms with van der Waals surface area (Å²) in [6.45, 7) is 14.2. The normalized spacial score (nSPS) is 16.2. The van der Waals surface area contributed by atoms with E-state index in [1.54, 1.807) is 0 Å². The van der Waals surface area contributed by atoms with E-state index in [9.17, 15) is 4.79 Å². The van der Waals surface area contributed by atoms with Gasteiger partial charge in [-0.05, 0) is 63.8 Å². The number of carbonyl (C=O) groups is 1. The highest BCUT2D eigenvalue weighted by molar-refractivity contribution is 9.10. The Morgan fingerprint density at radius 1 is 1.17 bits per heavy atom. The molecule has 0 bridgehead atoms. The predicted octanol–water partition coefficient (Wildman–Crippen LogP) is 5.65. The van der Waals surface area contributed by atoms with Crippen LogP contribution in [0, 0.1) is 26.7 Å². The van der Waals surface area contributed by atoms with E-state index in [0.29, 0.717) is 12.2 Å². The van der Waals surface area contributed by atoms with Gasteiger partial charge in [0.05, 0.1) is 5.69 Å². The summed E-state index contributed by atoms with van der Waals surface area (Å²) in [7, 11) is 0. The molecule has 0 spiro atoms. The number of halogens is 1. The summed E-state index contributed by atoms with van der Waals surface area (Å²) in [5.41, 5.74) is 4.14. The van der Waals surface area contributed by atoms with Crippen LogP contribution < -0.4 is 9.80 Å². The minimum atomic E-state index is -0.111. The van der Waals surface area contributed by atoms with Crippen molar-refractivity contribution in [1.82, 2.24) is 9.97 Å². The number of hydrogen-bond acceptors (Lipinski definition) is 4. The van der Waals surface area contributed by atoms with Crippen LogP contribution >= 0.6 is 15.9 Å². The lowest BCUT2D eigenvalue weighted by Crippen LogP contribution is -2.40. The van der Waals surface area contributed by atoms with Crippen LogP contribution in [0.2, 0.25) is 0 Å². The molecular formula is C23H31BrN4O. The second kappa shape index (κ2) is 8.82. The fraction of sp³-hybridized carbons (Fsp3) is 0.522. The average molecular weight is 459 g/mol. The number of fused-ring (bicyclic) bond motifs is 1. The standard InChI is InChI=1S/C23H31BrN4O/c1-7-9-10-27(8-2)21-19-13-16(5)23(29)28(22(19)26-17(6)25-21)20-14(3)11-18(24)12-15(20)4/h11-12,16H,7-10,13H2,1-6H3. The van der Waals surface area contributed by atoms with Crippen molar-refractivity contribution >= 4 is 39.2 Å². The summed E-state index contributed by atoms with van der Waals surface area (Å²) in [5.74, 6) is 2.43. The Morgan fingerprint density at radius 3 is 2.41 bits per heavy atom. The maximum Gasteiger partial charge on any atom is 0.235 e. The molecule has 1 atom stereocenters. The number of hydrogen-bond donors (Lipinski definition) is 0. The van der Waals surface area contributed by atoms with E-state index in [-0.39, 0.29) is 11.8 Å². The first-order chi connectivity index (χ1) is 13.8. The van der Waals surface area contributed by atoms with Gasteiger partial charge in [-0.2, -0.15) is 0 Å². The van der Waals surface area contributed by atoms with Crippen molar-refractivity contribution in [1.29, 1.82) is 0 Å².